The number of aromatic nitrogens is 2. The third-order valence-electron chi connectivity index (χ3n) is 3.11. The highest BCUT2D eigenvalue weighted by atomic mass is 35.5. The summed E-state index contributed by atoms with van der Waals surface area (Å²) in [5.74, 6) is -0.424. The zero-order valence-electron chi connectivity index (χ0n) is 11.2. The molecule has 0 fully saturated rings. The Balaban J connectivity index is 2.08. The molecule has 0 amide bonds. The Morgan fingerprint density at radius 3 is 2.80 bits per heavy atom. The molecule has 1 aromatic carbocycles. The average molecular weight is 298 g/mol. The SMILES string of the molecule is Cc1[nH]cnc1CN(CCO)Cc1ccc(F)c(Cl)c1. The predicted molar refractivity (Wildman–Crippen MR) is 75.9 cm³/mol. The van der Waals surface area contributed by atoms with E-state index < -0.39 is 5.82 Å². The largest absolute Gasteiger partial charge is 0.395 e. The molecule has 2 N–H and O–H groups in total. The highest BCUT2D eigenvalue weighted by molar-refractivity contribution is 6.30. The number of H-pyrrole nitrogens is 1. The quantitative estimate of drug-likeness (QED) is 0.861. The van der Waals surface area contributed by atoms with Gasteiger partial charge < -0.3 is 10.1 Å². The molecule has 20 heavy (non-hydrogen) atoms. The summed E-state index contributed by atoms with van der Waals surface area (Å²) in [5.41, 5.74) is 2.84. The van der Waals surface area contributed by atoms with Gasteiger partial charge >= 0.3 is 0 Å². The molecule has 1 aromatic heterocycles. The van der Waals surface area contributed by atoms with Crippen molar-refractivity contribution in [2.75, 3.05) is 13.2 Å². The number of imidazole rings is 1. The number of aryl methyl sites for hydroxylation is 1. The molecule has 0 radical (unpaired) electrons. The number of nitrogens with one attached hydrogen (secondary N) is 1. The summed E-state index contributed by atoms with van der Waals surface area (Å²) in [5, 5.41) is 9.27. The van der Waals surface area contributed by atoms with Crippen molar-refractivity contribution in [2.24, 2.45) is 0 Å². The Morgan fingerprint density at radius 2 is 2.20 bits per heavy atom. The van der Waals surface area contributed by atoms with Crippen LogP contribution in [0.25, 0.3) is 0 Å². The van der Waals surface area contributed by atoms with Crippen LogP contribution in [-0.4, -0.2) is 33.1 Å². The summed E-state index contributed by atoms with van der Waals surface area (Å²) in [4.78, 5) is 9.31. The highest BCUT2D eigenvalue weighted by Gasteiger charge is 2.11. The number of hydrogen-bond donors (Lipinski definition) is 2. The third kappa shape index (κ3) is 3.79. The van der Waals surface area contributed by atoms with E-state index in [9.17, 15) is 4.39 Å². The maximum atomic E-state index is 13.1. The van der Waals surface area contributed by atoms with Crippen molar-refractivity contribution in [3.05, 3.63) is 52.3 Å². The zero-order chi connectivity index (χ0) is 14.5. The first-order valence-electron chi connectivity index (χ1n) is 6.36. The van der Waals surface area contributed by atoms with Gasteiger partial charge in [-0.3, -0.25) is 4.90 Å². The molecule has 0 spiro atoms. The van der Waals surface area contributed by atoms with Gasteiger partial charge in [0.25, 0.3) is 0 Å². The van der Waals surface area contributed by atoms with Crippen molar-refractivity contribution < 1.29 is 9.50 Å². The Labute approximate surface area is 122 Å². The summed E-state index contributed by atoms with van der Waals surface area (Å²) in [7, 11) is 0. The zero-order valence-corrected chi connectivity index (χ0v) is 12.0. The highest BCUT2D eigenvalue weighted by Crippen LogP contribution is 2.18. The van der Waals surface area contributed by atoms with E-state index in [0.717, 1.165) is 17.0 Å². The molecule has 2 rings (SSSR count). The molecule has 6 heteroatoms. The van der Waals surface area contributed by atoms with Crippen LogP contribution in [0.5, 0.6) is 0 Å². The minimum absolute atomic E-state index is 0.0540. The molecule has 0 aliphatic carbocycles. The third-order valence-corrected chi connectivity index (χ3v) is 3.40. The van der Waals surface area contributed by atoms with Crippen LogP contribution in [0.3, 0.4) is 0 Å². The van der Waals surface area contributed by atoms with Gasteiger partial charge in [-0.15, -0.1) is 0 Å². The number of rotatable bonds is 6. The molecule has 108 valence electrons. The molecule has 1 heterocycles. The summed E-state index contributed by atoms with van der Waals surface area (Å²) < 4.78 is 13.1. The summed E-state index contributed by atoms with van der Waals surface area (Å²) in [6.45, 7) is 3.71. The molecular weight excluding hydrogens is 281 g/mol. The standard InChI is InChI=1S/C14H17ClFN3O/c1-10-14(18-9-17-10)8-19(4-5-20)7-11-2-3-13(16)12(15)6-11/h2-3,6,9,20H,4-5,7-8H2,1H3,(H,17,18). The monoisotopic (exact) mass is 297 g/mol. The van der Waals surface area contributed by atoms with Crippen LogP contribution in [0, 0.1) is 12.7 Å². The van der Waals surface area contributed by atoms with Crippen LogP contribution in [-0.2, 0) is 13.1 Å². The van der Waals surface area contributed by atoms with Gasteiger partial charge in [0, 0.05) is 25.3 Å². The topological polar surface area (TPSA) is 52.2 Å². The Morgan fingerprint density at radius 1 is 1.40 bits per heavy atom. The fourth-order valence-corrected chi connectivity index (χ4v) is 2.21. The molecule has 0 unspecified atom stereocenters. The fraction of sp³-hybridized carbons (Fsp3) is 0.357. The van der Waals surface area contributed by atoms with E-state index in [2.05, 4.69) is 9.97 Å². The van der Waals surface area contributed by atoms with E-state index in [-0.39, 0.29) is 11.6 Å². The lowest BCUT2D eigenvalue weighted by Gasteiger charge is -2.21. The first-order valence-corrected chi connectivity index (χ1v) is 6.74. The molecule has 0 aliphatic heterocycles. The minimum Gasteiger partial charge on any atom is -0.395 e. The second-order valence-electron chi connectivity index (χ2n) is 4.66. The molecule has 0 saturated carbocycles. The van der Waals surface area contributed by atoms with Crippen LogP contribution in [0.1, 0.15) is 17.0 Å². The van der Waals surface area contributed by atoms with Gasteiger partial charge in [0.15, 0.2) is 0 Å². The number of aliphatic hydroxyl groups excluding tert-OH is 1. The van der Waals surface area contributed by atoms with Crippen LogP contribution in [0.15, 0.2) is 24.5 Å². The van der Waals surface area contributed by atoms with Gasteiger partial charge in [0.2, 0.25) is 0 Å². The number of nitrogens with zero attached hydrogens (tertiary/aromatic N) is 2. The number of aliphatic hydroxyl groups is 1. The van der Waals surface area contributed by atoms with Gasteiger partial charge in [-0.05, 0) is 24.6 Å². The van der Waals surface area contributed by atoms with Crippen LogP contribution in [0.4, 0.5) is 4.39 Å². The van der Waals surface area contributed by atoms with Crippen molar-refractivity contribution in [1.29, 1.82) is 0 Å². The van der Waals surface area contributed by atoms with E-state index in [4.69, 9.17) is 16.7 Å². The van der Waals surface area contributed by atoms with Crippen LogP contribution in [0.2, 0.25) is 5.02 Å². The first kappa shape index (κ1) is 15.0. The molecule has 4 nitrogen and oxygen atoms in total. The van der Waals surface area contributed by atoms with Crippen molar-refractivity contribution in [2.45, 2.75) is 20.0 Å². The Hall–Kier alpha value is -1.43. The van der Waals surface area contributed by atoms with E-state index >= 15 is 0 Å². The Kier molecular flexibility index (Phi) is 5.11. The lowest BCUT2D eigenvalue weighted by molar-refractivity contribution is 0.183. The van der Waals surface area contributed by atoms with Crippen LogP contribution >= 0.6 is 11.6 Å². The van der Waals surface area contributed by atoms with Gasteiger partial charge in [0.1, 0.15) is 5.82 Å². The normalized spacial score (nSPS) is 11.2. The summed E-state index contributed by atoms with van der Waals surface area (Å²) >= 11 is 5.78. The number of hydrogen-bond acceptors (Lipinski definition) is 3. The lowest BCUT2D eigenvalue weighted by atomic mass is 10.2. The molecule has 0 aliphatic rings. The minimum atomic E-state index is -0.424. The van der Waals surface area contributed by atoms with E-state index in [1.165, 1.54) is 6.07 Å². The number of benzene rings is 1. The van der Waals surface area contributed by atoms with Gasteiger partial charge in [-0.1, -0.05) is 17.7 Å². The van der Waals surface area contributed by atoms with E-state index in [1.807, 2.05) is 11.8 Å². The molecule has 2 aromatic rings. The average Bonchev–Trinajstić information content (AvgIpc) is 2.80. The fourth-order valence-electron chi connectivity index (χ4n) is 2.01. The molecule has 0 saturated heterocycles. The summed E-state index contributed by atoms with van der Waals surface area (Å²) in [6.07, 6.45) is 1.65. The Bertz CT molecular complexity index is 573. The number of aromatic amines is 1. The smallest absolute Gasteiger partial charge is 0.141 e. The first-order chi connectivity index (χ1) is 9.60. The molecule has 0 bridgehead atoms. The number of halogens is 2. The predicted octanol–water partition coefficient (Wildman–Crippen LogP) is 2.51. The second-order valence-corrected chi connectivity index (χ2v) is 5.06. The summed E-state index contributed by atoms with van der Waals surface area (Å²) in [6, 6.07) is 4.66. The van der Waals surface area contributed by atoms with Crippen molar-refractivity contribution >= 4 is 11.6 Å². The second kappa shape index (κ2) is 6.83. The maximum Gasteiger partial charge on any atom is 0.141 e. The van der Waals surface area contributed by atoms with E-state index in [0.29, 0.717) is 19.6 Å². The van der Waals surface area contributed by atoms with Crippen LogP contribution < -0.4 is 0 Å². The van der Waals surface area contributed by atoms with Gasteiger partial charge in [-0.25, -0.2) is 9.37 Å². The maximum absolute atomic E-state index is 13.1. The molecular formula is C14H17ClFN3O. The van der Waals surface area contributed by atoms with Crippen molar-refractivity contribution in [1.82, 2.24) is 14.9 Å². The van der Waals surface area contributed by atoms with Crippen molar-refractivity contribution in [3.63, 3.8) is 0 Å². The van der Waals surface area contributed by atoms with Crippen molar-refractivity contribution in [3.8, 4) is 0 Å². The molecule has 0 atom stereocenters. The van der Waals surface area contributed by atoms with Gasteiger partial charge in [-0.2, -0.15) is 0 Å². The van der Waals surface area contributed by atoms with Gasteiger partial charge in [0.05, 0.1) is 23.7 Å². The lowest BCUT2D eigenvalue weighted by Crippen LogP contribution is -2.26. The van der Waals surface area contributed by atoms with E-state index in [1.54, 1.807) is 18.5 Å².